The molecule has 2 atom stereocenters. The highest BCUT2D eigenvalue weighted by Crippen LogP contribution is 2.49. The van der Waals surface area contributed by atoms with E-state index in [1.54, 1.807) is 19.1 Å². The second-order valence-electron chi connectivity index (χ2n) is 8.71. The number of phenolic OH excluding ortho intramolecular Hbond substituents is 1. The van der Waals surface area contributed by atoms with Gasteiger partial charge in [0.1, 0.15) is 12.4 Å². The van der Waals surface area contributed by atoms with Crippen LogP contribution in [0.5, 0.6) is 11.5 Å². The number of Topliss-reactive ketones (excluding diaryl/α,β-unsaturated/α-hetero) is 1. The minimum atomic E-state index is -0.579. The number of ketones is 1. The number of aliphatic imine (C=N–C) groups is 1. The van der Waals surface area contributed by atoms with Gasteiger partial charge in [0, 0.05) is 23.7 Å². The van der Waals surface area contributed by atoms with Crippen LogP contribution in [0.25, 0.3) is 0 Å². The van der Waals surface area contributed by atoms with Crippen LogP contribution in [-0.4, -0.2) is 35.8 Å². The zero-order valence-electron chi connectivity index (χ0n) is 18.3. The van der Waals surface area contributed by atoms with Gasteiger partial charge in [-0.05, 0) is 59.3 Å². The standard InChI is InChI=1S/C24H28BrNO5/c1-6-8-31-23(29)19-13(3)26-16-11-24(4,5)12-17(27)21(16)20(19)14-9-15(25)22(28)18(10-14)30-7-2/h6,9-10,20-21,28H,1,7-8,11-12H2,2-5H3/t20-,21?/m1/s1. The van der Waals surface area contributed by atoms with E-state index in [4.69, 9.17) is 14.5 Å². The molecule has 1 fully saturated rings. The summed E-state index contributed by atoms with van der Waals surface area (Å²) in [4.78, 5) is 31.0. The van der Waals surface area contributed by atoms with Crippen molar-refractivity contribution in [3.63, 3.8) is 0 Å². The van der Waals surface area contributed by atoms with Gasteiger partial charge in [-0.15, -0.1) is 0 Å². The number of rotatable bonds is 6. The maximum atomic E-state index is 13.3. The van der Waals surface area contributed by atoms with Crippen molar-refractivity contribution < 1.29 is 24.2 Å². The third kappa shape index (κ3) is 4.61. The Labute approximate surface area is 191 Å². The van der Waals surface area contributed by atoms with Gasteiger partial charge in [0.05, 0.1) is 22.6 Å². The topological polar surface area (TPSA) is 85.2 Å². The molecule has 166 valence electrons. The van der Waals surface area contributed by atoms with E-state index in [9.17, 15) is 14.7 Å². The summed E-state index contributed by atoms with van der Waals surface area (Å²) >= 11 is 3.38. The molecule has 1 aliphatic heterocycles. The quantitative estimate of drug-likeness (QED) is 0.443. The van der Waals surface area contributed by atoms with Crippen LogP contribution in [0, 0.1) is 11.3 Å². The number of allylic oxidation sites excluding steroid dienone is 1. The van der Waals surface area contributed by atoms with E-state index >= 15 is 0 Å². The third-order valence-corrected chi connectivity index (χ3v) is 6.23. The zero-order valence-corrected chi connectivity index (χ0v) is 19.9. The molecule has 0 bridgehead atoms. The molecule has 0 spiro atoms. The number of hydrogen-bond donors (Lipinski definition) is 1. The van der Waals surface area contributed by atoms with Crippen molar-refractivity contribution in [2.24, 2.45) is 16.3 Å². The smallest absolute Gasteiger partial charge is 0.336 e. The van der Waals surface area contributed by atoms with E-state index in [0.717, 1.165) is 5.71 Å². The van der Waals surface area contributed by atoms with Gasteiger partial charge in [0.15, 0.2) is 11.5 Å². The molecule has 6 nitrogen and oxygen atoms in total. The molecule has 0 saturated heterocycles. The fourth-order valence-corrected chi connectivity index (χ4v) is 4.93. The van der Waals surface area contributed by atoms with Crippen LogP contribution in [0.2, 0.25) is 0 Å². The number of nitrogens with zero attached hydrogens (tertiary/aromatic N) is 1. The largest absolute Gasteiger partial charge is 0.503 e. The molecule has 3 rings (SSSR count). The molecule has 0 aromatic heterocycles. The Morgan fingerprint density at radius 2 is 2.06 bits per heavy atom. The number of carbonyl (C=O) groups excluding carboxylic acids is 2. The Morgan fingerprint density at radius 3 is 2.71 bits per heavy atom. The first-order chi connectivity index (χ1) is 14.6. The van der Waals surface area contributed by atoms with Crippen LogP contribution in [0.4, 0.5) is 0 Å². The van der Waals surface area contributed by atoms with Gasteiger partial charge < -0.3 is 14.6 Å². The number of carbonyl (C=O) groups is 2. The summed E-state index contributed by atoms with van der Waals surface area (Å²) in [6, 6.07) is 3.42. The average molecular weight is 490 g/mol. The summed E-state index contributed by atoms with van der Waals surface area (Å²) in [6.07, 6.45) is 2.57. The average Bonchev–Trinajstić information content (AvgIpc) is 2.67. The van der Waals surface area contributed by atoms with Crippen molar-refractivity contribution in [1.82, 2.24) is 0 Å². The second kappa shape index (κ2) is 8.99. The van der Waals surface area contributed by atoms with Gasteiger partial charge in [-0.3, -0.25) is 9.79 Å². The van der Waals surface area contributed by atoms with Gasteiger partial charge in [0.25, 0.3) is 0 Å². The lowest BCUT2D eigenvalue weighted by atomic mass is 9.63. The summed E-state index contributed by atoms with van der Waals surface area (Å²) in [7, 11) is 0. The lowest BCUT2D eigenvalue weighted by Crippen LogP contribution is -2.44. The highest BCUT2D eigenvalue weighted by atomic mass is 79.9. The highest BCUT2D eigenvalue weighted by Gasteiger charge is 2.48. The second-order valence-corrected chi connectivity index (χ2v) is 9.57. The van der Waals surface area contributed by atoms with E-state index in [-0.39, 0.29) is 29.3 Å². The predicted octanol–water partition coefficient (Wildman–Crippen LogP) is 5.10. The molecule has 1 aliphatic carbocycles. The number of halogens is 1. The number of benzene rings is 1. The van der Waals surface area contributed by atoms with Crippen LogP contribution in [0.15, 0.2) is 45.5 Å². The summed E-state index contributed by atoms with van der Waals surface area (Å²) in [5, 5.41) is 10.4. The van der Waals surface area contributed by atoms with Gasteiger partial charge in [-0.25, -0.2) is 4.79 Å². The number of ether oxygens (including phenoxy) is 2. The maximum Gasteiger partial charge on any atom is 0.336 e. The van der Waals surface area contributed by atoms with Crippen LogP contribution in [-0.2, 0) is 14.3 Å². The summed E-state index contributed by atoms with van der Waals surface area (Å²) in [5.74, 6) is -1.36. The van der Waals surface area contributed by atoms with E-state index in [0.29, 0.717) is 40.8 Å². The monoisotopic (exact) mass is 489 g/mol. The number of aromatic hydroxyl groups is 1. The first kappa shape index (κ1) is 23.3. The minimum Gasteiger partial charge on any atom is -0.503 e. The molecule has 1 unspecified atom stereocenters. The van der Waals surface area contributed by atoms with Gasteiger partial charge in [-0.1, -0.05) is 26.5 Å². The number of phenols is 1. The third-order valence-electron chi connectivity index (χ3n) is 5.63. The summed E-state index contributed by atoms with van der Waals surface area (Å²) in [6.45, 7) is 11.7. The Morgan fingerprint density at radius 1 is 1.35 bits per heavy atom. The zero-order chi connectivity index (χ0) is 22.9. The van der Waals surface area contributed by atoms with Crippen LogP contribution >= 0.6 is 15.9 Å². The molecular weight excluding hydrogens is 462 g/mol. The molecule has 1 saturated carbocycles. The lowest BCUT2D eigenvalue weighted by molar-refractivity contribution is -0.138. The SMILES string of the molecule is C=CCOC(=O)C1=C(C)N=C2CC(C)(C)CC(=O)C2[C@@H]1c1cc(Br)c(O)c(OCC)c1. The Hall–Kier alpha value is -2.41. The first-order valence-electron chi connectivity index (χ1n) is 10.3. The summed E-state index contributed by atoms with van der Waals surface area (Å²) in [5.41, 5.74) is 2.17. The van der Waals surface area contributed by atoms with Crippen molar-refractivity contribution in [3.05, 3.63) is 46.1 Å². The van der Waals surface area contributed by atoms with Gasteiger partial charge in [-0.2, -0.15) is 0 Å². The van der Waals surface area contributed by atoms with Gasteiger partial charge in [0.2, 0.25) is 0 Å². The number of esters is 1. The Balaban J connectivity index is 2.20. The fourth-order valence-electron chi connectivity index (χ4n) is 4.47. The van der Waals surface area contributed by atoms with Crippen molar-refractivity contribution in [2.75, 3.05) is 13.2 Å². The molecule has 1 aromatic rings. The van der Waals surface area contributed by atoms with Crippen molar-refractivity contribution in [2.45, 2.75) is 46.5 Å². The lowest BCUT2D eigenvalue weighted by Gasteiger charge is -2.41. The summed E-state index contributed by atoms with van der Waals surface area (Å²) < 4.78 is 11.4. The predicted molar refractivity (Wildman–Crippen MR) is 123 cm³/mol. The van der Waals surface area contributed by atoms with Crippen molar-refractivity contribution >= 4 is 33.4 Å². The number of fused-ring (bicyclic) bond motifs is 1. The maximum absolute atomic E-state index is 13.3. The normalized spacial score (nSPS) is 22.5. The molecule has 1 aromatic carbocycles. The molecule has 7 heteroatoms. The van der Waals surface area contributed by atoms with E-state index in [1.165, 1.54) is 6.08 Å². The van der Waals surface area contributed by atoms with Crippen molar-refractivity contribution in [3.8, 4) is 11.5 Å². The first-order valence-corrected chi connectivity index (χ1v) is 11.1. The molecule has 1 N–H and O–H groups in total. The van der Waals surface area contributed by atoms with Crippen LogP contribution in [0.3, 0.4) is 0 Å². The van der Waals surface area contributed by atoms with E-state index in [1.807, 2.05) is 6.92 Å². The molecule has 0 radical (unpaired) electrons. The minimum absolute atomic E-state index is 0.0251. The number of hydrogen-bond acceptors (Lipinski definition) is 6. The Kier molecular flexibility index (Phi) is 6.74. The molecule has 31 heavy (non-hydrogen) atoms. The Bertz CT molecular complexity index is 992. The molecule has 2 aliphatic rings. The molecule has 0 amide bonds. The van der Waals surface area contributed by atoms with Crippen molar-refractivity contribution in [1.29, 1.82) is 0 Å². The highest BCUT2D eigenvalue weighted by molar-refractivity contribution is 9.10. The molecule has 1 heterocycles. The van der Waals surface area contributed by atoms with E-state index in [2.05, 4.69) is 36.4 Å². The fraction of sp³-hybridized carbons (Fsp3) is 0.458. The van der Waals surface area contributed by atoms with E-state index < -0.39 is 17.8 Å². The molecular formula is C24H28BrNO5. The van der Waals surface area contributed by atoms with Crippen LogP contribution < -0.4 is 4.74 Å². The van der Waals surface area contributed by atoms with Gasteiger partial charge >= 0.3 is 5.97 Å². The van der Waals surface area contributed by atoms with Crippen LogP contribution in [0.1, 0.15) is 52.0 Å².